The van der Waals surface area contributed by atoms with Gasteiger partial charge in [0.2, 0.25) is 5.91 Å². The summed E-state index contributed by atoms with van der Waals surface area (Å²) >= 11 is 0. The molecule has 8 heteroatoms. The quantitative estimate of drug-likeness (QED) is 0.741. The maximum atomic E-state index is 11.5. The Hall–Kier alpha value is -1.96. The van der Waals surface area contributed by atoms with Crippen LogP contribution in [0, 0.1) is 0 Å². The second-order valence-corrected chi connectivity index (χ2v) is 4.98. The van der Waals surface area contributed by atoms with Crippen LogP contribution < -0.4 is 5.32 Å². The van der Waals surface area contributed by atoms with E-state index in [2.05, 4.69) is 15.6 Å². The molecule has 1 amide bonds. The molecule has 0 atom stereocenters. The summed E-state index contributed by atoms with van der Waals surface area (Å²) in [6.45, 7) is 5.47. The van der Waals surface area contributed by atoms with Crippen molar-refractivity contribution < 1.29 is 19.4 Å². The van der Waals surface area contributed by atoms with Gasteiger partial charge >= 0.3 is 5.97 Å². The molecule has 19 heavy (non-hydrogen) atoms. The third kappa shape index (κ3) is 6.51. The van der Waals surface area contributed by atoms with Crippen molar-refractivity contribution >= 4 is 11.9 Å². The first-order chi connectivity index (χ1) is 8.76. The van der Waals surface area contributed by atoms with Gasteiger partial charge in [0.1, 0.15) is 18.8 Å². The number of carbonyl (C=O) groups excluding carboxylic acids is 1. The van der Waals surface area contributed by atoms with E-state index in [0.717, 1.165) is 0 Å². The van der Waals surface area contributed by atoms with E-state index in [-0.39, 0.29) is 31.2 Å². The monoisotopic (exact) mass is 270 g/mol. The zero-order chi connectivity index (χ0) is 14.5. The van der Waals surface area contributed by atoms with Crippen molar-refractivity contribution in [2.45, 2.75) is 39.5 Å². The fraction of sp³-hybridized carbons (Fsp3) is 0.636. The highest BCUT2D eigenvalue weighted by Gasteiger charge is 2.13. The number of carboxylic acid groups (broad SMARTS) is 1. The van der Waals surface area contributed by atoms with Crippen molar-refractivity contribution in [3.63, 3.8) is 0 Å². The highest BCUT2D eigenvalue weighted by molar-refractivity contribution is 5.77. The van der Waals surface area contributed by atoms with Crippen molar-refractivity contribution in [1.29, 1.82) is 0 Å². The number of carbonyl (C=O) groups is 2. The lowest BCUT2D eigenvalue weighted by Crippen LogP contribution is -2.31. The first-order valence-corrected chi connectivity index (χ1v) is 5.78. The van der Waals surface area contributed by atoms with E-state index in [0.29, 0.717) is 5.69 Å². The fourth-order valence-electron chi connectivity index (χ4n) is 1.16. The molecular formula is C11H18N4O4. The Labute approximate surface area is 110 Å². The van der Waals surface area contributed by atoms with E-state index >= 15 is 0 Å². The largest absolute Gasteiger partial charge is 0.480 e. The van der Waals surface area contributed by atoms with Gasteiger partial charge in [0.05, 0.1) is 18.3 Å². The molecule has 0 aromatic carbocycles. The lowest BCUT2D eigenvalue weighted by molar-refractivity contribution is -0.138. The molecule has 0 bridgehead atoms. The molecule has 1 heterocycles. The van der Waals surface area contributed by atoms with Crippen molar-refractivity contribution in [2.75, 3.05) is 6.61 Å². The summed E-state index contributed by atoms with van der Waals surface area (Å²) in [5.74, 6) is -1.26. The second kappa shape index (κ2) is 6.28. The van der Waals surface area contributed by atoms with Gasteiger partial charge in [-0.05, 0) is 20.8 Å². The number of hydrogen-bond donors (Lipinski definition) is 2. The average molecular weight is 270 g/mol. The standard InChI is InChI=1S/C11H18N4O4/c1-11(2,3)19-7-9(16)12-4-8-5-15(14-13-8)6-10(17)18/h5H,4,6-7H2,1-3H3,(H,12,16)(H,17,18). The van der Waals surface area contributed by atoms with Crippen LogP contribution in [0.15, 0.2) is 6.20 Å². The molecular weight excluding hydrogens is 252 g/mol. The highest BCUT2D eigenvalue weighted by Crippen LogP contribution is 2.05. The Morgan fingerprint density at radius 3 is 2.74 bits per heavy atom. The molecule has 0 spiro atoms. The van der Waals surface area contributed by atoms with Gasteiger partial charge in [-0.15, -0.1) is 5.10 Å². The van der Waals surface area contributed by atoms with Crippen LogP contribution in [0.4, 0.5) is 0 Å². The van der Waals surface area contributed by atoms with Crippen LogP contribution in [0.25, 0.3) is 0 Å². The summed E-state index contributed by atoms with van der Waals surface area (Å²) in [5.41, 5.74) is 0.118. The van der Waals surface area contributed by atoms with E-state index in [1.54, 1.807) is 0 Å². The van der Waals surface area contributed by atoms with E-state index in [1.807, 2.05) is 20.8 Å². The Morgan fingerprint density at radius 1 is 1.47 bits per heavy atom. The van der Waals surface area contributed by atoms with Gasteiger partial charge in [-0.1, -0.05) is 5.21 Å². The smallest absolute Gasteiger partial charge is 0.325 e. The molecule has 1 aromatic heterocycles. The molecule has 0 radical (unpaired) electrons. The zero-order valence-electron chi connectivity index (χ0n) is 11.2. The van der Waals surface area contributed by atoms with Gasteiger partial charge < -0.3 is 15.2 Å². The highest BCUT2D eigenvalue weighted by atomic mass is 16.5. The Bertz CT molecular complexity index is 450. The number of amides is 1. The number of aliphatic carboxylic acids is 1. The summed E-state index contributed by atoms with van der Waals surface area (Å²) in [7, 11) is 0. The number of ether oxygens (including phenoxy) is 1. The molecule has 8 nitrogen and oxygen atoms in total. The average Bonchev–Trinajstić information content (AvgIpc) is 2.69. The van der Waals surface area contributed by atoms with Crippen LogP contribution in [-0.2, 0) is 27.4 Å². The predicted molar refractivity (Wildman–Crippen MR) is 65.2 cm³/mol. The third-order valence-electron chi connectivity index (χ3n) is 1.99. The van der Waals surface area contributed by atoms with Crippen LogP contribution in [0.1, 0.15) is 26.5 Å². The molecule has 106 valence electrons. The summed E-state index contributed by atoms with van der Waals surface area (Å²) in [6.07, 6.45) is 1.47. The number of aromatic nitrogens is 3. The summed E-state index contributed by atoms with van der Waals surface area (Å²) in [4.78, 5) is 21.9. The maximum Gasteiger partial charge on any atom is 0.325 e. The van der Waals surface area contributed by atoms with Gasteiger partial charge in [-0.2, -0.15) is 0 Å². The molecule has 0 fully saturated rings. The minimum atomic E-state index is -1.00. The van der Waals surface area contributed by atoms with Gasteiger partial charge in [0, 0.05) is 0 Å². The molecule has 0 aliphatic carbocycles. The first-order valence-electron chi connectivity index (χ1n) is 5.78. The number of carboxylic acids is 1. The molecule has 0 saturated carbocycles. The number of nitrogens with one attached hydrogen (secondary N) is 1. The van der Waals surface area contributed by atoms with Crippen LogP contribution >= 0.6 is 0 Å². The number of rotatable bonds is 6. The van der Waals surface area contributed by atoms with Crippen LogP contribution in [0.2, 0.25) is 0 Å². The Balaban J connectivity index is 2.34. The first kappa shape index (κ1) is 15.1. The van der Waals surface area contributed by atoms with E-state index in [4.69, 9.17) is 9.84 Å². The number of hydrogen-bond acceptors (Lipinski definition) is 5. The third-order valence-corrected chi connectivity index (χ3v) is 1.99. The maximum absolute atomic E-state index is 11.5. The lowest BCUT2D eigenvalue weighted by atomic mass is 10.2. The molecule has 2 N–H and O–H groups in total. The summed E-state index contributed by atoms with van der Waals surface area (Å²) in [5, 5.41) is 18.5. The van der Waals surface area contributed by atoms with Crippen molar-refractivity contribution in [2.24, 2.45) is 0 Å². The van der Waals surface area contributed by atoms with Crippen molar-refractivity contribution in [3.8, 4) is 0 Å². The zero-order valence-corrected chi connectivity index (χ0v) is 11.2. The predicted octanol–water partition coefficient (Wildman–Crippen LogP) is -0.206. The van der Waals surface area contributed by atoms with Crippen molar-refractivity contribution in [3.05, 3.63) is 11.9 Å². The molecule has 1 rings (SSSR count). The van der Waals surface area contributed by atoms with Crippen LogP contribution in [0.5, 0.6) is 0 Å². The molecule has 0 unspecified atom stereocenters. The minimum Gasteiger partial charge on any atom is -0.480 e. The van der Waals surface area contributed by atoms with Crippen molar-refractivity contribution in [1.82, 2.24) is 20.3 Å². The molecule has 0 aliphatic rings. The normalized spacial score (nSPS) is 11.3. The summed E-state index contributed by atoms with van der Waals surface area (Å²) < 4.78 is 6.50. The lowest BCUT2D eigenvalue weighted by Gasteiger charge is -2.18. The molecule has 1 aromatic rings. The minimum absolute atomic E-state index is 0.0350. The van der Waals surface area contributed by atoms with Crippen LogP contribution in [-0.4, -0.2) is 44.2 Å². The van der Waals surface area contributed by atoms with Crippen LogP contribution in [0.3, 0.4) is 0 Å². The topological polar surface area (TPSA) is 106 Å². The number of nitrogens with zero attached hydrogens (tertiary/aromatic N) is 3. The van der Waals surface area contributed by atoms with Gasteiger partial charge in [-0.3, -0.25) is 9.59 Å². The molecule has 0 aliphatic heterocycles. The van der Waals surface area contributed by atoms with Gasteiger partial charge in [-0.25, -0.2) is 4.68 Å². The van der Waals surface area contributed by atoms with E-state index in [1.165, 1.54) is 10.9 Å². The molecule has 0 saturated heterocycles. The fourth-order valence-corrected chi connectivity index (χ4v) is 1.16. The van der Waals surface area contributed by atoms with Gasteiger partial charge in [0.25, 0.3) is 0 Å². The van der Waals surface area contributed by atoms with E-state index in [9.17, 15) is 9.59 Å². The SMILES string of the molecule is CC(C)(C)OCC(=O)NCc1cn(CC(=O)O)nn1. The second-order valence-electron chi connectivity index (χ2n) is 4.98. The Kier molecular flexibility index (Phi) is 4.99. The Morgan fingerprint density at radius 2 is 2.16 bits per heavy atom. The summed E-state index contributed by atoms with van der Waals surface area (Å²) in [6, 6.07) is 0. The van der Waals surface area contributed by atoms with E-state index < -0.39 is 5.97 Å². The van der Waals surface area contributed by atoms with Gasteiger partial charge in [0.15, 0.2) is 0 Å².